The summed E-state index contributed by atoms with van der Waals surface area (Å²) in [5.41, 5.74) is 0.966. The molecular formula is C13H22ClIN4O2S. The molecule has 0 radical (unpaired) electrons. The summed E-state index contributed by atoms with van der Waals surface area (Å²) in [7, 11) is -1.50. The highest BCUT2D eigenvalue weighted by Gasteiger charge is 2.05. The zero-order valence-electron chi connectivity index (χ0n) is 12.6. The monoisotopic (exact) mass is 460 g/mol. The number of benzene rings is 1. The molecule has 0 unspecified atom stereocenters. The van der Waals surface area contributed by atoms with Gasteiger partial charge >= 0.3 is 0 Å². The number of hydrogen-bond donors (Lipinski definition) is 3. The number of aliphatic imine (C=N–C) groups is 1. The predicted molar refractivity (Wildman–Crippen MR) is 103 cm³/mol. The second-order valence-electron chi connectivity index (χ2n) is 4.24. The van der Waals surface area contributed by atoms with Crippen LogP contribution in [0.3, 0.4) is 0 Å². The Hall–Kier alpha value is -0.580. The van der Waals surface area contributed by atoms with Crippen LogP contribution in [0.15, 0.2) is 29.3 Å². The molecule has 6 nitrogen and oxygen atoms in total. The molecule has 0 atom stereocenters. The molecule has 3 N–H and O–H groups in total. The molecule has 22 heavy (non-hydrogen) atoms. The van der Waals surface area contributed by atoms with Crippen LogP contribution in [0.2, 0.25) is 5.02 Å². The maximum atomic E-state index is 11.3. The Morgan fingerprint density at radius 1 is 1.23 bits per heavy atom. The number of guanidine groups is 1. The summed E-state index contributed by atoms with van der Waals surface area (Å²) in [6.07, 6.45) is 0. The van der Waals surface area contributed by atoms with E-state index < -0.39 is 10.0 Å². The van der Waals surface area contributed by atoms with Crippen molar-refractivity contribution in [3.63, 3.8) is 0 Å². The largest absolute Gasteiger partial charge is 0.355 e. The predicted octanol–water partition coefficient (Wildman–Crippen LogP) is 1.56. The van der Waals surface area contributed by atoms with Crippen LogP contribution in [0.1, 0.15) is 12.5 Å². The number of halogens is 2. The van der Waals surface area contributed by atoms with Gasteiger partial charge in [0.1, 0.15) is 0 Å². The standard InChI is InChI=1S/C13H21ClN4O2S.HI/c1-3-21(19,20)18-9-8-16-13(15-2)17-10-11-6-4-5-7-12(11)14;/h4-7,18H,3,8-10H2,1-2H3,(H2,15,16,17);1H. The van der Waals surface area contributed by atoms with Gasteiger partial charge in [0.2, 0.25) is 10.0 Å². The molecular weight excluding hydrogens is 439 g/mol. The molecule has 0 bridgehead atoms. The van der Waals surface area contributed by atoms with Gasteiger partial charge in [0.05, 0.1) is 5.75 Å². The molecule has 1 rings (SSSR count). The van der Waals surface area contributed by atoms with E-state index >= 15 is 0 Å². The molecule has 0 aliphatic carbocycles. The van der Waals surface area contributed by atoms with E-state index in [-0.39, 0.29) is 29.7 Å². The van der Waals surface area contributed by atoms with Crippen molar-refractivity contribution < 1.29 is 8.42 Å². The molecule has 0 amide bonds. The Kier molecular flexibility index (Phi) is 10.7. The lowest BCUT2D eigenvalue weighted by atomic mass is 10.2. The van der Waals surface area contributed by atoms with Crippen molar-refractivity contribution in [3.8, 4) is 0 Å². The minimum Gasteiger partial charge on any atom is -0.355 e. The molecule has 1 aromatic carbocycles. The van der Waals surface area contributed by atoms with Crippen LogP contribution in [0.4, 0.5) is 0 Å². The fourth-order valence-electron chi connectivity index (χ4n) is 1.53. The van der Waals surface area contributed by atoms with Gasteiger partial charge in [-0.05, 0) is 18.6 Å². The van der Waals surface area contributed by atoms with Crippen molar-refractivity contribution in [2.75, 3.05) is 25.9 Å². The van der Waals surface area contributed by atoms with Crippen LogP contribution in [0.25, 0.3) is 0 Å². The summed E-state index contributed by atoms with van der Waals surface area (Å²) < 4.78 is 25.0. The average Bonchev–Trinajstić information content (AvgIpc) is 2.48. The van der Waals surface area contributed by atoms with Gasteiger partial charge in [-0.15, -0.1) is 24.0 Å². The van der Waals surface area contributed by atoms with E-state index in [2.05, 4.69) is 20.3 Å². The highest BCUT2D eigenvalue weighted by atomic mass is 127. The number of nitrogens with one attached hydrogen (secondary N) is 3. The van der Waals surface area contributed by atoms with Gasteiger partial charge in [-0.1, -0.05) is 29.8 Å². The van der Waals surface area contributed by atoms with E-state index in [1.165, 1.54) is 0 Å². The van der Waals surface area contributed by atoms with Gasteiger partial charge in [0.25, 0.3) is 0 Å². The molecule has 0 spiro atoms. The highest BCUT2D eigenvalue weighted by Crippen LogP contribution is 2.13. The van der Waals surface area contributed by atoms with Crippen LogP contribution in [0.5, 0.6) is 0 Å². The highest BCUT2D eigenvalue weighted by molar-refractivity contribution is 14.0. The Morgan fingerprint density at radius 3 is 2.50 bits per heavy atom. The summed E-state index contributed by atoms with van der Waals surface area (Å²) in [5.74, 6) is 0.664. The maximum absolute atomic E-state index is 11.3. The normalized spacial score (nSPS) is 11.7. The van der Waals surface area contributed by atoms with Gasteiger partial charge in [-0.3, -0.25) is 4.99 Å². The van der Waals surface area contributed by atoms with Gasteiger partial charge in [0, 0.05) is 31.7 Å². The van der Waals surface area contributed by atoms with Crippen LogP contribution < -0.4 is 15.4 Å². The average molecular weight is 461 g/mol. The van der Waals surface area contributed by atoms with E-state index in [1.807, 2.05) is 24.3 Å². The van der Waals surface area contributed by atoms with Crippen molar-refractivity contribution in [1.82, 2.24) is 15.4 Å². The van der Waals surface area contributed by atoms with Crippen molar-refractivity contribution in [2.24, 2.45) is 4.99 Å². The van der Waals surface area contributed by atoms with Crippen LogP contribution >= 0.6 is 35.6 Å². The smallest absolute Gasteiger partial charge is 0.211 e. The summed E-state index contributed by atoms with van der Waals surface area (Å²) in [6.45, 7) is 2.89. The van der Waals surface area contributed by atoms with Crippen LogP contribution in [-0.2, 0) is 16.6 Å². The van der Waals surface area contributed by atoms with Gasteiger partial charge < -0.3 is 10.6 Å². The van der Waals surface area contributed by atoms with E-state index in [0.717, 1.165) is 5.56 Å². The first kappa shape index (κ1) is 21.4. The van der Waals surface area contributed by atoms with E-state index in [9.17, 15) is 8.42 Å². The van der Waals surface area contributed by atoms with Crippen LogP contribution in [-0.4, -0.2) is 40.3 Å². The molecule has 0 fully saturated rings. The number of rotatable bonds is 7. The lowest BCUT2D eigenvalue weighted by molar-refractivity contribution is 0.582. The third kappa shape index (κ3) is 8.16. The molecule has 0 saturated carbocycles. The first-order valence-corrected chi connectivity index (χ1v) is 8.66. The van der Waals surface area contributed by atoms with Gasteiger partial charge in [-0.25, -0.2) is 13.1 Å². The zero-order chi connectivity index (χ0) is 15.7. The van der Waals surface area contributed by atoms with Crippen molar-refractivity contribution >= 4 is 51.6 Å². The molecule has 0 aliphatic heterocycles. The second-order valence-corrected chi connectivity index (χ2v) is 6.74. The van der Waals surface area contributed by atoms with Gasteiger partial charge in [-0.2, -0.15) is 0 Å². The Bertz CT molecular complexity index is 581. The minimum atomic E-state index is -3.15. The maximum Gasteiger partial charge on any atom is 0.211 e. The summed E-state index contributed by atoms with van der Waals surface area (Å²) in [4.78, 5) is 4.06. The molecule has 0 aliphatic rings. The first-order chi connectivity index (χ1) is 9.98. The quantitative estimate of drug-likeness (QED) is 0.250. The lowest BCUT2D eigenvalue weighted by Gasteiger charge is -2.13. The number of hydrogen-bond acceptors (Lipinski definition) is 3. The fraction of sp³-hybridized carbons (Fsp3) is 0.462. The molecule has 1 aromatic rings. The Labute approximate surface area is 154 Å². The second kappa shape index (κ2) is 11.0. The van der Waals surface area contributed by atoms with E-state index in [1.54, 1.807) is 14.0 Å². The number of sulfonamides is 1. The summed E-state index contributed by atoms with van der Waals surface area (Å²) in [5, 5.41) is 6.83. The third-order valence-electron chi connectivity index (χ3n) is 2.75. The third-order valence-corrected chi connectivity index (χ3v) is 4.52. The van der Waals surface area contributed by atoms with Crippen molar-refractivity contribution in [1.29, 1.82) is 0 Å². The Balaban J connectivity index is 0.00000441. The summed E-state index contributed by atoms with van der Waals surface area (Å²) >= 11 is 6.07. The Morgan fingerprint density at radius 2 is 1.91 bits per heavy atom. The molecule has 0 saturated heterocycles. The lowest BCUT2D eigenvalue weighted by Crippen LogP contribution is -2.41. The molecule has 126 valence electrons. The molecule has 9 heteroatoms. The van der Waals surface area contributed by atoms with Crippen LogP contribution in [0, 0.1) is 0 Å². The minimum absolute atomic E-state index is 0. The van der Waals surface area contributed by atoms with E-state index in [4.69, 9.17) is 11.6 Å². The summed E-state index contributed by atoms with van der Waals surface area (Å²) in [6, 6.07) is 7.55. The zero-order valence-corrected chi connectivity index (χ0v) is 16.5. The number of nitrogens with zero attached hydrogens (tertiary/aromatic N) is 1. The molecule has 0 aromatic heterocycles. The molecule has 0 heterocycles. The van der Waals surface area contributed by atoms with Gasteiger partial charge in [0.15, 0.2) is 5.96 Å². The SMILES string of the molecule is CCS(=O)(=O)NCCNC(=NC)NCc1ccccc1Cl.I. The first-order valence-electron chi connectivity index (χ1n) is 6.63. The topological polar surface area (TPSA) is 82.6 Å². The van der Waals surface area contributed by atoms with Crippen molar-refractivity contribution in [2.45, 2.75) is 13.5 Å². The van der Waals surface area contributed by atoms with E-state index in [0.29, 0.717) is 30.6 Å². The fourth-order valence-corrected chi connectivity index (χ4v) is 2.35. The van der Waals surface area contributed by atoms with Crippen molar-refractivity contribution in [3.05, 3.63) is 34.9 Å².